The molecule has 1 saturated heterocycles. The van der Waals surface area contributed by atoms with Crippen molar-refractivity contribution in [2.45, 2.75) is 112 Å². The first-order valence-electron chi connectivity index (χ1n) is 42.4. The Kier molecular flexibility index (Phi) is 27.8. The molecule has 0 radical (unpaired) electrons. The van der Waals surface area contributed by atoms with Crippen molar-refractivity contribution in [2.24, 2.45) is 31.3 Å². The van der Waals surface area contributed by atoms with E-state index in [9.17, 15) is 24.9 Å². The van der Waals surface area contributed by atoms with Crippen LogP contribution >= 0.6 is 70.2 Å². The van der Waals surface area contributed by atoms with Gasteiger partial charge in [-0.15, -0.1) is 16.4 Å². The maximum atomic E-state index is 13.1. The zero-order chi connectivity index (χ0) is 90.8. The largest absolute Gasteiger partial charge is 0.508 e. The summed E-state index contributed by atoms with van der Waals surface area (Å²) < 4.78 is 29.1. The first kappa shape index (κ1) is 89.5. The number of amides is 2. The molecule has 1 fully saturated rings. The van der Waals surface area contributed by atoms with Crippen LogP contribution in [0.4, 0.5) is 11.5 Å². The number of hydrogen-bond acceptors (Lipinski definition) is 26. The molecule has 1 aliphatic carbocycles. The molecule has 21 rings (SSSR count). The summed E-state index contributed by atoms with van der Waals surface area (Å²) in [6.45, 7) is 17.4. The number of aromatic nitrogens is 6. The monoisotopic (exact) mass is 1850 g/mol. The van der Waals surface area contributed by atoms with Gasteiger partial charge in [-0.05, 0) is 216 Å². The smallest absolute Gasteiger partial charge is 0.283 e. The number of phenols is 3. The van der Waals surface area contributed by atoms with Crippen molar-refractivity contribution < 1.29 is 42.9 Å². The number of carbonyl (C=O) groups excluding carboxylic acids is 2. The van der Waals surface area contributed by atoms with Crippen molar-refractivity contribution in [1.82, 2.24) is 45.4 Å². The lowest BCUT2D eigenvalue weighted by atomic mass is 9.85. The summed E-state index contributed by atoms with van der Waals surface area (Å²) in [5, 5.41) is 70.6. The Morgan fingerprint density at radius 1 is 0.756 bits per heavy atom. The van der Waals surface area contributed by atoms with E-state index >= 15 is 0 Å². The number of aliphatic imine (C=N–C) groups is 2. The fraction of sp³-hybridized carbons (Fsp3) is 0.200. The van der Waals surface area contributed by atoms with Gasteiger partial charge in [-0.25, -0.2) is 14.9 Å². The van der Waals surface area contributed by atoms with E-state index in [0.29, 0.717) is 79.8 Å². The molecule has 0 saturated carbocycles. The Hall–Kier alpha value is -13.5. The van der Waals surface area contributed by atoms with Gasteiger partial charge in [-0.1, -0.05) is 183 Å². The van der Waals surface area contributed by atoms with Gasteiger partial charge in [0.1, 0.15) is 63.3 Å². The third-order valence-corrected chi connectivity index (χ3v) is 28.2. The molecule has 662 valence electrons. The summed E-state index contributed by atoms with van der Waals surface area (Å²) in [4.78, 5) is 47.4. The van der Waals surface area contributed by atoms with Crippen LogP contribution in [-0.2, 0) is 21.8 Å². The predicted octanol–water partition coefficient (Wildman–Crippen LogP) is 22.7. The molecule has 131 heavy (non-hydrogen) atoms. The predicted molar refractivity (Wildman–Crippen MR) is 522 cm³/mol. The number of amidine groups is 4. The van der Waals surface area contributed by atoms with Crippen molar-refractivity contribution in [1.29, 1.82) is 5.41 Å². The number of pyridine rings is 2. The van der Waals surface area contributed by atoms with Gasteiger partial charge in [0.25, 0.3) is 5.91 Å². The highest BCUT2D eigenvalue weighted by molar-refractivity contribution is 8.19. The van der Waals surface area contributed by atoms with Gasteiger partial charge in [-0.3, -0.25) is 29.9 Å². The van der Waals surface area contributed by atoms with Crippen LogP contribution in [0.2, 0.25) is 5.02 Å². The molecule has 7 aromatic carbocycles. The molecule has 7 aliphatic rings. The minimum absolute atomic E-state index is 0.0309. The first-order chi connectivity index (χ1) is 63.7. The number of benzene rings is 7. The fourth-order valence-corrected chi connectivity index (χ4v) is 20.7. The number of aryl methyl sites for hydroxylation is 1. The van der Waals surface area contributed by atoms with Crippen molar-refractivity contribution >= 4 is 138 Å². The number of furan rings is 3. The number of phenolic OH excluding ortho intramolecular Hbond substituents is 3. The number of nitrogens with zero attached hydrogens (tertiary/aromatic N) is 13. The van der Waals surface area contributed by atoms with Crippen LogP contribution in [0.1, 0.15) is 137 Å². The number of halogens is 1. The van der Waals surface area contributed by atoms with E-state index in [4.69, 9.17) is 40.1 Å². The summed E-state index contributed by atoms with van der Waals surface area (Å²) in [7, 11) is 0. The number of tetrazole rings is 1. The van der Waals surface area contributed by atoms with E-state index in [1.165, 1.54) is 40.2 Å². The molecule has 2 amide bonds. The van der Waals surface area contributed by atoms with Crippen LogP contribution in [0, 0.1) is 31.1 Å². The second kappa shape index (κ2) is 40.7. The lowest BCUT2D eigenvalue weighted by Crippen LogP contribution is -2.41. The van der Waals surface area contributed by atoms with Crippen LogP contribution < -0.4 is 20.3 Å². The number of hydrazone groups is 1. The lowest BCUT2D eigenvalue weighted by molar-refractivity contribution is -0.116. The van der Waals surface area contributed by atoms with Crippen LogP contribution in [0.5, 0.6) is 23.0 Å². The third kappa shape index (κ3) is 20.3. The Balaban J connectivity index is 0.000000115. The van der Waals surface area contributed by atoms with Gasteiger partial charge in [0.2, 0.25) is 22.5 Å². The highest BCUT2D eigenvalue weighted by Crippen LogP contribution is 2.51. The lowest BCUT2D eigenvalue weighted by Gasteiger charge is -2.38. The first-order valence-corrected chi connectivity index (χ1v) is 47.3. The Bertz CT molecular complexity index is 6700. The van der Waals surface area contributed by atoms with Gasteiger partial charge in [0, 0.05) is 80.1 Å². The van der Waals surface area contributed by atoms with Crippen LogP contribution in [-0.4, -0.2) is 112 Å². The molecule has 14 aromatic rings. The molecule has 7 atom stereocenters. The molecule has 25 nitrogen and oxygen atoms in total. The van der Waals surface area contributed by atoms with Crippen molar-refractivity contribution in [3.8, 4) is 28.7 Å². The number of fused-ring (bicyclic) bond motifs is 6. The number of ether oxygens (including phenoxy) is 1. The summed E-state index contributed by atoms with van der Waals surface area (Å²) in [6.07, 6.45) is 12.5. The zero-order valence-corrected chi connectivity index (χ0v) is 76.9. The van der Waals surface area contributed by atoms with E-state index in [2.05, 4.69) is 139 Å². The second-order valence-electron chi connectivity index (χ2n) is 32.1. The van der Waals surface area contributed by atoms with E-state index in [-0.39, 0.29) is 57.9 Å². The second-order valence-corrected chi connectivity index (χ2v) is 37.3. The van der Waals surface area contributed by atoms with Gasteiger partial charge in [0.15, 0.2) is 10.3 Å². The number of hydrogen-bond donors (Lipinski definition) is 6. The maximum absolute atomic E-state index is 13.1. The molecule has 6 N–H and O–H groups in total. The van der Waals surface area contributed by atoms with Gasteiger partial charge >= 0.3 is 0 Å². The molecule has 7 unspecified atom stereocenters. The van der Waals surface area contributed by atoms with Crippen LogP contribution in [0.25, 0.3) is 22.7 Å². The van der Waals surface area contributed by atoms with E-state index < -0.39 is 12.1 Å². The summed E-state index contributed by atoms with van der Waals surface area (Å²) >= 11 is 13.4. The number of allylic oxidation sites excluding steroid dienone is 1. The van der Waals surface area contributed by atoms with Crippen LogP contribution in [0.3, 0.4) is 0 Å². The number of aromatic hydroxyl groups is 3. The zero-order valence-electron chi connectivity index (χ0n) is 72.1. The number of para-hydroxylation sites is 3. The maximum Gasteiger partial charge on any atom is 0.283 e. The Morgan fingerprint density at radius 2 is 1.55 bits per heavy atom. The van der Waals surface area contributed by atoms with Crippen molar-refractivity contribution in [3.05, 3.63) is 362 Å². The van der Waals surface area contributed by atoms with E-state index in [0.717, 1.165) is 119 Å². The molecular formula is C100H91ClN16O9S5. The average Bonchev–Trinajstić information content (AvgIpc) is 1.61. The molecule has 31 heteroatoms. The van der Waals surface area contributed by atoms with Crippen molar-refractivity contribution in [3.63, 3.8) is 0 Å². The SMILES string of the molecule is C=C1CC(Sc2nnnn2-c2ccccc2)C(=O)N1c1cccc(Cl)c1C.CC(C)CSC1=NSC2=NC(=O)/C(=C\c3ccc(SCc4ccco4)o3)C(=N)N12.CC1=CCN=C1NC(c1cccs1)c1ccc2cccnc2c1O.Cc1ccnc(NC(c2ccco2)C2c3ccccc3CC2C)c1.Oc1ccc(C2Oc3ccccc3C3CC(c4ccccc4O)=NN32)cc1. The summed E-state index contributed by atoms with van der Waals surface area (Å²) in [5.74, 6) is 8.10. The average molecular weight is 1860 g/mol. The Labute approximate surface area is 783 Å². The number of thioether (sulfide) groups is 3. The van der Waals surface area contributed by atoms with Gasteiger partial charge < -0.3 is 43.9 Å². The minimum Gasteiger partial charge on any atom is -0.508 e. The molecular weight excluding hydrogens is 1760 g/mol. The Morgan fingerprint density at radius 3 is 2.32 bits per heavy atom. The number of rotatable bonds is 19. The van der Waals surface area contributed by atoms with Crippen molar-refractivity contribution in [2.75, 3.05) is 22.5 Å². The fourth-order valence-electron chi connectivity index (χ4n) is 16.1. The minimum atomic E-state index is -0.458. The van der Waals surface area contributed by atoms with E-state index in [1.807, 2.05) is 182 Å². The summed E-state index contributed by atoms with van der Waals surface area (Å²) in [5.41, 5.74) is 13.6. The number of thiophene rings is 1. The normalized spacial score (nSPS) is 18.2. The van der Waals surface area contributed by atoms with Crippen LogP contribution in [0.15, 0.2) is 333 Å². The molecule has 13 heterocycles. The highest BCUT2D eigenvalue weighted by Gasteiger charge is 2.44. The number of nitrogens with one attached hydrogen (secondary N) is 3. The number of anilines is 2. The topological polar surface area (TPSA) is 320 Å². The standard InChI is InChI=1S/C22H18N2O3.C21H22N2O.C19H16ClN5OS.C19H18N4O3S3.C19H17N3OS/c25-15-11-9-14(10-12-15)22-24-19(17-6-2-4-8-21(17)27-22)13-18(23-24)16-5-1-3-7-20(16)26;1-14-9-10-22-19(12-14)23-21(18-8-5-11-24-18)20-15(2)13-16-6-3-4-7-17(16)20;1-12-11-17(18(26)24(12)16-10-6-9-15(20)13(16)2)27-19-21-22-23-25(19)14-7-4-3-5-8-14;1-11(2)9-28-19-22-29-18-21-17(24)14(16(20)23(18)19)8-12-5-6-15(26-12)27-10-13-4-3-7-25-13;1-12-8-10-21-19(12)22-17(15-5-3-11-24-15)14-7-6-13-4-2-9-20-16(13)18(14)23/h1-12,19,22,25-26H,13H2;3-12,15,20-21H,13H2,1-2H3,(H,22,23);3-10,17H,1,11H2,2H3;3-8,11,20H,9-10H2,1-2H3;2-9,11,17,23H,10H2,1H3,(H,21,22)/b;;;14-8-,20-16?;. The molecule has 0 bridgehead atoms. The third-order valence-electron chi connectivity index (χ3n) is 22.6. The molecule has 6 aliphatic heterocycles. The number of carbonyl (C=O) groups is 2. The summed E-state index contributed by atoms with van der Waals surface area (Å²) in [6, 6.07) is 73.4. The quantitative estimate of drug-likeness (QED) is 0.0249. The molecule has 0 spiro atoms. The van der Waals surface area contributed by atoms with Gasteiger partial charge in [0.05, 0.1) is 82.8 Å². The van der Waals surface area contributed by atoms with E-state index in [1.54, 1.807) is 92.7 Å². The highest BCUT2D eigenvalue weighted by atomic mass is 35.5. The molecule has 7 aromatic heterocycles. The van der Waals surface area contributed by atoms with Gasteiger partial charge in [-0.2, -0.15) is 19.2 Å².